The summed E-state index contributed by atoms with van der Waals surface area (Å²) in [5, 5.41) is 2.36. The number of para-hydroxylation sites is 1. The number of ether oxygens (including phenoxy) is 1. The number of hydrogen-bond acceptors (Lipinski definition) is 5. The summed E-state index contributed by atoms with van der Waals surface area (Å²) in [6.07, 6.45) is -0.712. The topological polar surface area (TPSA) is 92.8 Å². The van der Waals surface area contributed by atoms with E-state index >= 15 is 0 Å². The molecule has 8 heteroatoms. The second kappa shape index (κ2) is 9.66. The van der Waals surface area contributed by atoms with Crippen molar-refractivity contribution in [1.29, 1.82) is 0 Å². The number of esters is 1. The van der Waals surface area contributed by atoms with E-state index in [4.69, 9.17) is 4.74 Å². The van der Waals surface area contributed by atoms with Crippen molar-refractivity contribution in [3.05, 3.63) is 101 Å². The molecule has 1 heterocycles. The van der Waals surface area contributed by atoms with Crippen molar-refractivity contribution in [2.24, 2.45) is 0 Å². The van der Waals surface area contributed by atoms with E-state index in [9.17, 15) is 23.6 Å². The number of nitrogens with one attached hydrogen (secondary N) is 1. The zero-order valence-electron chi connectivity index (χ0n) is 18.3. The van der Waals surface area contributed by atoms with Crippen molar-refractivity contribution in [3.8, 4) is 0 Å². The average molecular weight is 460 g/mol. The van der Waals surface area contributed by atoms with E-state index < -0.39 is 35.6 Å². The molecule has 0 bridgehead atoms. The zero-order chi connectivity index (χ0) is 24.2. The predicted molar refractivity (Wildman–Crippen MR) is 122 cm³/mol. The third kappa shape index (κ3) is 4.71. The predicted octanol–water partition coefficient (Wildman–Crippen LogP) is 3.85. The van der Waals surface area contributed by atoms with Crippen LogP contribution in [0.4, 0.5) is 10.1 Å². The van der Waals surface area contributed by atoms with Crippen LogP contribution in [0, 0.1) is 5.82 Å². The van der Waals surface area contributed by atoms with Gasteiger partial charge in [0.05, 0.1) is 22.4 Å². The Bertz CT molecular complexity index is 1280. The molecule has 1 atom stereocenters. The van der Waals surface area contributed by atoms with Gasteiger partial charge < -0.3 is 10.1 Å². The van der Waals surface area contributed by atoms with E-state index in [0.29, 0.717) is 6.42 Å². The smallest absolute Gasteiger partial charge is 0.338 e. The lowest BCUT2D eigenvalue weighted by molar-refractivity contribution is -0.123. The van der Waals surface area contributed by atoms with Crippen LogP contribution in [0.25, 0.3) is 0 Å². The molecule has 3 aromatic carbocycles. The fourth-order valence-corrected chi connectivity index (χ4v) is 3.59. The van der Waals surface area contributed by atoms with E-state index in [2.05, 4.69) is 5.32 Å². The number of amides is 3. The van der Waals surface area contributed by atoms with Gasteiger partial charge in [-0.15, -0.1) is 0 Å². The molecular formula is C26H21FN2O5. The zero-order valence-corrected chi connectivity index (χ0v) is 18.3. The number of rotatable bonds is 7. The Hall–Kier alpha value is -4.33. The van der Waals surface area contributed by atoms with Gasteiger partial charge in [-0.25, -0.2) is 9.18 Å². The van der Waals surface area contributed by atoms with Gasteiger partial charge in [0.15, 0.2) is 6.10 Å². The Kier molecular flexibility index (Phi) is 6.49. The highest BCUT2D eigenvalue weighted by molar-refractivity contribution is 6.22. The van der Waals surface area contributed by atoms with Crippen molar-refractivity contribution in [1.82, 2.24) is 4.90 Å². The Labute approximate surface area is 195 Å². The molecule has 0 aliphatic carbocycles. The standard InChI is InChI=1S/C26H21FN2O5/c1-16(23(30)28-22-10-6-5-9-21(22)27)34-26(33)18-11-12-19-20(15-18)25(32)29(24(19)31)14-13-17-7-3-2-4-8-17/h2-12,15-16H,13-14H2,1H3,(H,28,30)/t16-/m1/s1. The van der Waals surface area contributed by atoms with Crippen molar-refractivity contribution >= 4 is 29.4 Å². The van der Waals surface area contributed by atoms with Gasteiger partial charge in [-0.05, 0) is 49.2 Å². The van der Waals surface area contributed by atoms with Gasteiger partial charge in [-0.2, -0.15) is 0 Å². The Morgan fingerprint density at radius 1 is 0.941 bits per heavy atom. The Balaban J connectivity index is 1.42. The maximum Gasteiger partial charge on any atom is 0.338 e. The molecule has 7 nitrogen and oxygen atoms in total. The number of carbonyl (C=O) groups is 4. The highest BCUT2D eigenvalue weighted by Crippen LogP contribution is 2.25. The lowest BCUT2D eigenvalue weighted by atomic mass is 10.1. The fourth-order valence-electron chi connectivity index (χ4n) is 3.59. The van der Waals surface area contributed by atoms with E-state index in [1.165, 1.54) is 43.3 Å². The summed E-state index contributed by atoms with van der Waals surface area (Å²) < 4.78 is 18.9. The van der Waals surface area contributed by atoms with Gasteiger partial charge in [0, 0.05) is 6.54 Å². The summed E-state index contributed by atoms with van der Waals surface area (Å²) >= 11 is 0. The number of carbonyl (C=O) groups excluding carboxylic acids is 4. The van der Waals surface area contributed by atoms with Gasteiger partial charge in [0.1, 0.15) is 5.82 Å². The normalized spacial score (nSPS) is 13.4. The molecule has 1 aliphatic rings. The number of halogens is 1. The molecule has 0 saturated heterocycles. The average Bonchev–Trinajstić information content (AvgIpc) is 3.08. The summed E-state index contributed by atoms with van der Waals surface area (Å²) in [5.41, 5.74) is 1.30. The quantitative estimate of drug-likeness (QED) is 0.427. The number of nitrogens with zero attached hydrogens (tertiary/aromatic N) is 1. The van der Waals surface area contributed by atoms with Crippen LogP contribution in [0.5, 0.6) is 0 Å². The molecular weight excluding hydrogens is 439 g/mol. The molecule has 3 aromatic rings. The molecule has 0 spiro atoms. The van der Waals surface area contributed by atoms with Gasteiger partial charge in [-0.3, -0.25) is 19.3 Å². The van der Waals surface area contributed by atoms with Crippen molar-refractivity contribution in [2.75, 3.05) is 11.9 Å². The number of benzene rings is 3. The lowest BCUT2D eigenvalue weighted by Gasteiger charge is -2.14. The molecule has 3 amide bonds. The molecule has 34 heavy (non-hydrogen) atoms. The third-order valence-corrected chi connectivity index (χ3v) is 5.46. The first-order chi connectivity index (χ1) is 16.3. The van der Waals surface area contributed by atoms with E-state index in [1.807, 2.05) is 30.3 Å². The van der Waals surface area contributed by atoms with Crippen LogP contribution < -0.4 is 5.32 Å². The van der Waals surface area contributed by atoms with Crippen LogP contribution in [0.1, 0.15) is 43.6 Å². The minimum atomic E-state index is -1.22. The summed E-state index contributed by atoms with van der Waals surface area (Å²) in [6.45, 7) is 1.56. The highest BCUT2D eigenvalue weighted by atomic mass is 19.1. The number of anilines is 1. The van der Waals surface area contributed by atoms with Crippen LogP contribution >= 0.6 is 0 Å². The summed E-state index contributed by atoms with van der Waals surface area (Å²) in [7, 11) is 0. The van der Waals surface area contributed by atoms with Crippen molar-refractivity contribution in [2.45, 2.75) is 19.4 Å². The number of imide groups is 1. The van der Waals surface area contributed by atoms with Gasteiger partial charge >= 0.3 is 5.97 Å². The molecule has 0 radical (unpaired) electrons. The Morgan fingerprint density at radius 3 is 2.35 bits per heavy atom. The summed E-state index contributed by atoms with van der Waals surface area (Å²) in [6, 6.07) is 19.2. The van der Waals surface area contributed by atoms with Crippen LogP contribution in [-0.2, 0) is 16.0 Å². The van der Waals surface area contributed by atoms with Gasteiger partial charge in [0.2, 0.25) is 0 Å². The van der Waals surface area contributed by atoms with Crippen LogP contribution in [-0.4, -0.2) is 41.2 Å². The van der Waals surface area contributed by atoms with E-state index in [-0.39, 0.29) is 28.9 Å². The second-order valence-electron chi connectivity index (χ2n) is 7.77. The molecule has 4 rings (SSSR count). The number of hydrogen-bond donors (Lipinski definition) is 1. The molecule has 172 valence electrons. The second-order valence-corrected chi connectivity index (χ2v) is 7.77. The highest BCUT2D eigenvalue weighted by Gasteiger charge is 2.36. The summed E-state index contributed by atoms with van der Waals surface area (Å²) in [5.74, 6) is -3.09. The van der Waals surface area contributed by atoms with Gasteiger partial charge in [-0.1, -0.05) is 42.5 Å². The third-order valence-electron chi connectivity index (χ3n) is 5.46. The molecule has 1 aliphatic heterocycles. The molecule has 0 unspecified atom stereocenters. The first kappa shape index (κ1) is 22.8. The molecule has 0 saturated carbocycles. The summed E-state index contributed by atoms with van der Waals surface area (Å²) in [4.78, 5) is 51.5. The Morgan fingerprint density at radius 2 is 1.62 bits per heavy atom. The van der Waals surface area contributed by atoms with Crippen molar-refractivity contribution in [3.63, 3.8) is 0 Å². The SMILES string of the molecule is C[C@@H](OC(=O)c1ccc2c(c1)C(=O)N(CCc1ccccc1)C2=O)C(=O)Nc1ccccc1F. The van der Waals surface area contributed by atoms with E-state index in [0.717, 1.165) is 10.5 Å². The molecule has 1 N–H and O–H groups in total. The fraction of sp³-hybridized carbons (Fsp3) is 0.154. The van der Waals surface area contributed by atoms with Crippen LogP contribution in [0.15, 0.2) is 72.8 Å². The molecule has 0 aromatic heterocycles. The van der Waals surface area contributed by atoms with Gasteiger partial charge in [0.25, 0.3) is 17.7 Å². The maximum absolute atomic E-state index is 13.7. The minimum Gasteiger partial charge on any atom is -0.449 e. The largest absolute Gasteiger partial charge is 0.449 e. The number of fused-ring (bicyclic) bond motifs is 1. The van der Waals surface area contributed by atoms with Crippen LogP contribution in [0.3, 0.4) is 0 Å². The first-order valence-corrected chi connectivity index (χ1v) is 10.7. The minimum absolute atomic E-state index is 0.0235. The van der Waals surface area contributed by atoms with Crippen molar-refractivity contribution < 1.29 is 28.3 Å². The van der Waals surface area contributed by atoms with Crippen LogP contribution in [0.2, 0.25) is 0 Å². The maximum atomic E-state index is 13.7. The first-order valence-electron chi connectivity index (χ1n) is 10.7. The monoisotopic (exact) mass is 460 g/mol. The molecule has 0 fully saturated rings. The van der Waals surface area contributed by atoms with E-state index in [1.54, 1.807) is 6.07 Å². The lowest BCUT2D eigenvalue weighted by Crippen LogP contribution is -2.31.